The molecule has 1 heterocycles. The Morgan fingerprint density at radius 1 is 1.11 bits per heavy atom. The number of hydrogen-bond acceptors (Lipinski definition) is 4. The van der Waals surface area contributed by atoms with Crippen molar-refractivity contribution in [3.8, 4) is 5.75 Å². The van der Waals surface area contributed by atoms with Crippen LogP contribution in [0.4, 0.5) is 8.78 Å². The van der Waals surface area contributed by atoms with Crippen molar-refractivity contribution in [1.82, 2.24) is 10.2 Å². The van der Waals surface area contributed by atoms with Crippen LogP contribution in [0.1, 0.15) is 30.1 Å². The molecule has 0 aromatic heterocycles. The predicted molar refractivity (Wildman–Crippen MR) is 93.4 cm³/mol. The van der Waals surface area contributed by atoms with Gasteiger partial charge >= 0.3 is 0 Å². The fraction of sp³-hybridized carbons (Fsp3) is 0.579. The molecule has 3 rings (SSSR count). The molecule has 2 fully saturated rings. The van der Waals surface area contributed by atoms with Crippen LogP contribution in [0.15, 0.2) is 12.1 Å². The number of methoxy groups -OCH3 is 2. The minimum Gasteiger partial charge on any atom is -0.497 e. The van der Waals surface area contributed by atoms with Crippen molar-refractivity contribution in [2.45, 2.75) is 31.9 Å². The zero-order valence-corrected chi connectivity index (χ0v) is 15.6. The van der Waals surface area contributed by atoms with Crippen molar-refractivity contribution in [2.24, 2.45) is 11.8 Å². The molecule has 8 heteroatoms. The van der Waals surface area contributed by atoms with E-state index in [0.29, 0.717) is 25.9 Å². The number of benzene rings is 1. The largest absolute Gasteiger partial charge is 0.497 e. The van der Waals surface area contributed by atoms with Gasteiger partial charge < -0.3 is 19.7 Å². The first-order valence-electron chi connectivity index (χ1n) is 8.96. The summed E-state index contributed by atoms with van der Waals surface area (Å²) in [5.41, 5.74) is -0.559. The van der Waals surface area contributed by atoms with E-state index in [-0.39, 0.29) is 35.6 Å². The predicted octanol–water partition coefficient (Wildman–Crippen LogP) is 1.98. The van der Waals surface area contributed by atoms with Gasteiger partial charge in [0.15, 0.2) is 0 Å². The topological polar surface area (TPSA) is 67.9 Å². The SMILES string of the molecule is COc1cc(F)c(C(=O)N2C[C@H]3C[C@@H](NC(C)=O)[C@H](OC)C[C@H]3C2)c(F)c1. The van der Waals surface area contributed by atoms with Gasteiger partial charge in [-0.15, -0.1) is 0 Å². The average molecular weight is 382 g/mol. The van der Waals surface area contributed by atoms with Gasteiger partial charge in [0, 0.05) is 39.3 Å². The lowest BCUT2D eigenvalue weighted by atomic mass is 9.77. The summed E-state index contributed by atoms with van der Waals surface area (Å²) in [6.07, 6.45) is 1.21. The molecule has 1 N–H and O–H groups in total. The third kappa shape index (κ3) is 3.90. The van der Waals surface area contributed by atoms with Gasteiger partial charge in [-0.05, 0) is 24.7 Å². The van der Waals surface area contributed by atoms with Crippen LogP contribution < -0.4 is 10.1 Å². The standard InChI is InChI=1S/C19H24F2N2O4/c1-10(24)22-16-4-11-8-23(9-12(11)5-17(16)27-3)19(25)18-14(20)6-13(26-2)7-15(18)21/h6-7,11-12,16-17H,4-5,8-9H2,1-3H3,(H,22,24)/t11-,12+,16-,17-/m1/s1. The quantitative estimate of drug-likeness (QED) is 0.865. The molecule has 0 unspecified atom stereocenters. The Morgan fingerprint density at radius 3 is 2.22 bits per heavy atom. The molecule has 0 spiro atoms. The highest BCUT2D eigenvalue weighted by molar-refractivity contribution is 5.95. The van der Waals surface area contributed by atoms with E-state index in [1.54, 1.807) is 7.11 Å². The number of rotatable bonds is 4. The van der Waals surface area contributed by atoms with Crippen LogP contribution in [0.25, 0.3) is 0 Å². The van der Waals surface area contributed by atoms with Crippen molar-refractivity contribution < 1.29 is 27.8 Å². The highest BCUT2D eigenvalue weighted by atomic mass is 19.1. The molecule has 148 valence electrons. The molecule has 1 aliphatic heterocycles. The maximum Gasteiger partial charge on any atom is 0.259 e. The fourth-order valence-electron chi connectivity index (χ4n) is 4.28. The van der Waals surface area contributed by atoms with Crippen LogP contribution >= 0.6 is 0 Å². The van der Waals surface area contributed by atoms with Crippen LogP contribution in [0, 0.1) is 23.5 Å². The average Bonchev–Trinajstić information content (AvgIpc) is 3.02. The summed E-state index contributed by atoms with van der Waals surface area (Å²) in [5, 5.41) is 2.90. The molecule has 27 heavy (non-hydrogen) atoms. The number of nitrogens with one attached hydrogen (secondary N) is 1. The zero-order chi connectivity index (χ0) is 19.7. The van der Waals surface area contributed by atoms with Crippen molar-refractivity contribution in [3.63, 3.8) is 0 Å². The fourth-order valence-corrected chi connectivity index (χ4v) is 4.28. The van der Waals surface area contributed by atoms with Gasteiger partial charge in [-0.2, -0.15) is 0 Å². The van der Waals surface area contributed by atoms with Gasteiger partial charge in [-0.25, -0.2) is 8.78 Å². The second kappa shape index (κ2) is 7.80. The van der Waals surface area contributed by atoms with E-state index >= 15 is 0 Å². The van der Waals surface area contributed by atoms with E-state index in [4.69, 9.17) is 9.47 Å². The molecule has 1 aromatic rings. The molecule has 6 nitrogen and oxygen atoms in total. The van der Waals surface area contributed by atoms with Crippen LogP contribution in [-0.2, 0) is 9.53 Å². The van der Waals surface area contributed by atoms with Crippen LogP contribution in [-0.4, -0.2) is 56.2 Å². The maximum absolute atomic E-state index is 14.3. The second-order valence-electron chi connectivity index (χ2n) is 7.25. The van der Waals surface area contributed by atoms with Crippen molar-refractivity contribution in [3.05, 3.63) is 29.3 Å². The van der Waals surface area contributed by atoms with Gasteiger partial charge in [0.05, 0.1) is 19.3 Å². The van der Waals surface area contributed by atoms with E-state index < -0.39 is 23.1 Å². The highest BCUT2D eigenvalue weighted by Gasteiger charge is 2.44. The normalized spacial score (nSPS) is 27.2. The second-order valence-corrected chi connectivity index (χ2v) is 7.25. The number of ether oxygens (including phenoxy) is 2. The number of hydrogen-bond donors (Lipinski definition) is 1. The summed E-state index contributed by atoms with van der Waals surface area (Å²) in [4.78, 5) is 25.7. The van der Waals surface area contributed by atoms with Crippen LogP contribution in [0.3, 0.4) is 0 Å². The molecular formula is C19H24F2N2O4. The van der Waals surface area contributed by atoms with Gasteiger partial charge in [0.2, 0.25) is 5.91 Å². The summed E-state index contributed by atoms with van der Waals surface area (Å²) in [6.45, 7) is 2.28. The summed E-state index contributed by atoms with van der Waals surface area (Å²) >= 11 is 0. The lowest BCUT2D eigenvalue weighted by Crippen LogP contribution is -2.49. The Balaban J connectivity index is 1.76. The molecule has 0 bridgehead atoms. The molecule has 1 aliphatic carbocycles. The molecule has 2 amide bonds. The number of carbonyl (C=O) groups excluding carboxylic acids is 2. The van der Waals surface area contributed by atoms with E-state index in [1.165, 1.54) is 18.9 Å². The summed E-state index contributed by atoms with van der Waals surface area (Å²) in [5.74, 6) is -2.30. The van der Waals surface area contributed by atoms with Gasteiger partial charge in [-0.3, -0.25) is 9.59 Å². The van der Waals surface area contributed by atoms with E-state index in [0.717, 1.165) is 12.1 Å². The molecule has 2 aliphatic rings. The Labute approximate surface area is 156 Å². The monoisotopic (exact) mass is 382 g/mol. The Kier molecular flexibility index (Phi) is 5.64. The number of fused-ring (bicyclic) bond motifs is 1. The Bertz CT molecular complexity index is 719. The summed E-state index contributed by atoms with van der Waals surface area (Å²) < 4.78 is 38.9. The maximum atomic E-state index is 14.3. The van der Waals surface area contributed by atoms with Gasteiger partial charge in [0.1, 0.15) is 22.9 Å². The third-order valence-electron chi connectivity index (χ3n) is 5.56. The minimum atomic E-state index is -0.933. The van der Waals surface area contributed by atoms with Crippen molar-refractivity contribution in [2.75, 3.05) is 27.3 Å². The lowest BCUT2D eigenvalue weighted by Gasteiger charge is -2.37. The third-order valence-corrected chi connectivity index (χ3v) is 5.56. The number of halogens is 2. The van der Waals surface area contributed by atoms with Crippen LogP contribution in [0.5, 0.6) is 5.75 Å². The number of amides is 2. The van der Waals surface area contributed by atoms with Crippen molar-refractivity contribution >= 4 is 11.8 Å². The lowest BCUT2D eigenvalue weighted by molar-refractivity contribution is -0.121. The first-order valence-corrected chi connectivity index (χ1v) is 8.96. The Hall–Kier alpha value is -2.22. The molecule has 1 saturated carbocycles. The Morgan fingerprint density at radius 2 is 1.70 bits per heavy atom. The zero-order valence-electron chi connectivity index (χ0n) is 15.6. The highest BCUT2D eigenvalue weighted by Crippen LogP contribution is 2.38. The smallest absolute Gasteiger partial charge is 0.259 e. The summed E-state index contributed by atoms with van der Waals surface area (Å²) in [7, 11) is 2.90. The molecular weight excluding hydrogens is 358 g/mol. The van der Waals surface area contributed by atoms with E-state index in [9.17, 15) is 18.4 Å². The molecule has 0 radical (unpaired) electrons. The van der Waals surface area contributed by atoms with Gasteiger partial charge in [-0.1, -0.05) is 0 Å². The van der Waals surface area contributed by atoms with E-state index in [2.05, 4.69) is 5.32 Å². The summed E-state index contributed by atoms with van der Waals surface area (Å²) in [6, 6.07) is 1.89. The first kappa shape index (κ1) is 19.5. The number of nitrogens with zero attached hydrogens (tertiary/aromatic N) is 1. The first-order chi connectivity index (χ1) is 12.8. The molecule has 4 atom stereocenters. The number of likely N-dealkylation sites (tertiary alicyclic amines) is 1. The van der Waals surface area contributed by atoms with Crippen molar-refractivity contribution in [1.29, 1.82) is 0 Å². The number of carbonyl (C=O) groups is 2. The molecule has 1 aromatic carbocycles. The minimum absolute atomic E-state index is 0.0257. The van der Waals surface area contributed by atoms with E-state index in [1.807, 2.05) is 0 Å². The van der Waals surface area contributed by atoms with Gasteiger partial charge in [0.25, 0.3) is 5.91 Å². The van der Waals surface area contributed by atoms with Crippen LogP contribution in [0.2, 0.25) is 0 Å². The molecule has 1 saturated heterocycles.